The van der Waals surface area contributed by atoms with E-state index in [2.05, 4.69) is 13.8 Å². The third-order valence-corrected chi connectivity index (χ3v) is 5.11. The number of hydrogen-bond acceptors (Lipinski definition) is 4. The Morgan fingerprint density at radius 3 is 2.46 bits per heavy atom. The van der Waals surface area contributed by atoms with Crippen molar-refractivity contribution in [2.45, 2.75) is 71.0 Å². The van der Waals surface area contributed by atoms with Crippen molar-refractivity contribution in [1.29, 1.82) is 0 Å². The van der Waals surface area contributed by atoms with Crippen LogP contribution in [0.15, 0.2) is 18.2 Å². The first-order valence-electron chi connectivity index (χ1n) is 9.43. The van der Waals surface area contributed by atoms with Crippen LogP contribution in [0.25, 0.3) is 0 Å². The number of carbonyl (C=O) groups is 2. The molecule has 0 radical (unpaired) electrons. The van der Waals surface area contributed by atoms with Crippen molar-refractivity contribution in [3.05, 3.63) is 29.3 Å². The number of rotatable bonds is 1. The molecule has 5 nitrogen and oxygen atoms in total. The Morgan fingerprint density at radius 2 is 1.88 bits per heavy atom. The number of fused-ring (bicyclic) bond motifs is 1. The van der Waals surface area contributed by atoms with Gasteiger partial charge in [-0.2, -0.15) is 0 Å². The first-order valence-corrected chi connectivity index (χ1v) is 9.43. The van der Waals surface area contributed by atoms with Crippen molar-refractivity contribution in [2.75, 3.05) is 13.1 Å². The van der Waals surface area contributed by atoms with Crippen LogP contribution in [0.5, 0.6) is 5.75 Å². The molecule has 0 saturated carbocycles. The minimum absolute atomic E-state index is 0.138. The molecule has 1 aromatic rings. The highest BCUT2D eigenvalue weighted by atomic mass is 16.6. The van der Waals surface area contributed by atoms with E-state index in [1.807, 2.05) is 39.0 Å². The molecule has 1 aromatic carbocycles. The topological polar surface area (TPSA) is 55.8 Å². The van der Waals surface area contributed by atoms with Gasteiger partial charge >= 0.3 is 6.09 Å². The lowest BCUT2D eigenvalue weighted by atomic mass is 9.82. The molecule has 2 aliphatic heterocycles. The smallest absolute Gasteiger partial charge is 0.410 e. The summed E-state index contributed by atoms with van der Waals surface area (Å²) in [5, 5.41) is 0. The molecule has 26 heavy (non-hydrogen) atoms. The Hall–Kier alpha value is -2.04. The van der Waals surface area contributed by atoms with Gasteiger partial charge in [-0.15, -0.1) is 0 Å². The number of nitrogens with zero attached hydrogens (tertiary/aromatic N) is 1. The molecule has 1 spiro atoms. The normalized spacial score (nSPS) is 19.3. The predicted molar refractivity (Wildman–Crippen MR) is 99.9 cm³/mol. The van der Waals surface area contributed by atoms with Crippen LogP contribution >= 0.6 is 0 Å². The molecule has 1 amide bonds. The van der Waals surface area contributed by atoms with Crippen molar-refractivity contribution in [3.8, 4) is 5.75 Å². The van der Waals surface area contributed by atoms with Crippen LogP contribution in [0.1, 0.15) is 75.7 Å². The number of piperidine rings is 1. The van der Waals surface area contributed by atoms with E-state index in [4.69, 9.17) is 9.47 Å². The molecule has 0 aliphatic carbocycles. The van der Waals surface area contributed by atoms with E-state index in [0.29, 0.717) is 49.6 Å². The zero-order chi connectivity index (χ0) is 19.1. The van der Waals surface area contributed by atoms with Gasteiger partial charge in [-0.1, -0.05) is 19.9 Å². The fraction of sp³-hybridized carbons (Fsp3) is 0.619. The molecule has 142 valence electrons. The lowest BCUT2D eigenvalue weighted by Crippen LogP contribution is -2.53. The molecule has 3 rings (SSSR count). The Kier molecular flexibility index (Phi) is 4.76. The maximum absolute atomic E-state index is 12.8. The van der Waals surface area contributed by atoms with E-state index in [-0.39, 0.29) is 11.9 Å². The van der Waals surface area contributed by atoms with Gasteiger partial charge in [-0.05, 0) is 44.4 Å². The summed E-state index contributed by atoms with van der Waals surface area (Å²) in [5.74, 6) is 1.19. The Balaban J connectivity index is 1.70. The summed E-state index contributed by atoms with van der Waals surface area (Å²) in [7, 11) is 0. The average molecular weight is 359 g/mol. The molecule has 1 fully saturated rings. The zero-order valence-corrected chi connectivity index (χ0v) is 16.4. The highest BCUT2D eigenvalue weighted by Gasteiger charge is 2.44. The summed E-state index contributed by atoms with van der Waals surface area (Å²) in [6.45, 7) is 10.9. The summed E-state index contributed by atoms with van der Waals surface area (Å²) in [4.78, 5) is 26.7. The average Bonchev–Trinajstić information content (AvgIpc) is 2.53. The number of carbonyl (C=O) groups excluding carboxylic acids is 2. The van der Waals surface area contributed by atoms with Crippen LogP contribution in [0.4, 0.5) is 4.79 Å². The van der Waals surface area contributed by atoms with E-state index in [9.17, 15) is 9.59 Å². The van der Waals surface area contributed by atoms with Crippen LogP contribution in [-0.4, -0.2) is 41.1 Å². The fourth-order valence-corrected chi connectivity index (χ4v) is 3.57. The maximum atomic E-state index is 12.8. The van der Waals surface area contributed by atoms with Gasteiger partial charge in [-0.3, -0.25) is 4.79 Å². The number of Topliss-reactive ketones (excluding diaryl/α,β-unsaturated/α-hetero) is 1. The number of hydrogen-bond donors (Lipinski definition) is 0. The van der Waals surface area contributed by atoms with E-state index in [0.717, 1.165) is 5.56 Å². The third-order valence-electron chi connectivity index (χ3n) is 5.11. The molecule has 5 heteroatoms. The first-order chi connectivity index (χ1) is 12.1. The molecule has 2 heterocycles. The summed E-state index contributed by atoms with van der Waals surface area (Å²) in [6.07, 6.45) is 1.37. The van der Waals surface area contributed by atoms with Gasteiger partial charge in [0.05, 0.1) is 12.0 Å². The fourth-order valence-electron chi connectivity index (χ4n) is 3.57. The van der Waals surface area contributed by atoms with Crippen molar-refractivity contribution < 1.29 is 19.1 Å². The maximum Gasteiger partial charge on any atom is 0.410 e. The van der Waals surface area contributed by atoms with Gasteiger partial charge < -0.3 is 14.4 Å². The summed E-state index contributed by atoms with van der Waals surface area (Å²) in [6, 6.07) is 5.92. The molecule has 0 bridgehead atoms. The Bertz CT molecular complexity index is 709. The van der Waals surface area contributed by atoms with Gasteiger partial charge in [0, 0.05) is 25.9 Å². The van der Waals surface area contributed by atoms with Crippen molar-refractivity contribution >= 4 is 11.9 Å². The number of ether oxygens (including phenoxy) is 2. The van der Waals surface area contributed by atoms with Crippen molar-refractivity contribution in [2.24, 2.45) is 0 Å². The molecule has 0 aromatic heterocycles. The second-order valence-corrected chi connectivity index (χ2v) is 8.76. The van der Waals surface area contributed by atoms with E-state index in [1.165, 1.54) is 0 Å². The number of amides is 1. The van der Waals surface area contributed by atoms with Crippen LogP contribution < -0.4 is 4.74 Å². The minimum Gasteiger partial charge on any atom is -0.486 e. The first kappa shape index (κ1) is 18.7. The predicted octanol–water partition coefficient (Wildman–Crippen LogP) is 4.54. The molecule has 2 aliphatic rings. The second-order valence-electron chi connectivity index (χ2n) is 8.76. The standard InChI is InChI=1S/C21H29NO4/c1-14(2)15-6-7-18-16(12-15)17(23)13-21(25-18)8-10-22(11-9-21)19(24)26-20(3,4)5/h6-7,12,14H,8-11,13H2,1-5H3. The lowest BCUT2D eigenvalue weighted by Gasteiger charge is -2.44. The summed E-state index contributed by atoms with van der Waals surface area (Å²) >= 11 is 0. The van der Waals surface area contributed by atoms with Crippen molar-refractivity contribution in [3.63, 3.8) is 0 Å². The van der Waals surface area contributed by atoms with Gasteiger partial charge in [-0.25, -0.2) is 4.79 Å². The van der Waals surface area contributed by atoms with Crippen LogP contribution in [0, 0.1) is 0 Å². The highest BCUT2D eigenvalue weighted by Crippen LogP contribution is 2.40. The zero-order valence-electron chi connectivity index (χ0n) is 16.4. The van der Waals surface area contributed by atoms with E-state index in [1.54, 1.807) is 4.90 Å². The van der Waals surface area contributed by atoms with Gasteiger partial charge in [0.2, 0.25) is 0 Å². The highest BCUT2D eigenvalue weighted by molar-refractivity contribution is 6.00. The quantitative estimate of drug-likeness (QED) is 0.738. The van der Waals surface area contributed by atoms with Gasteiger partial charge in [0.15, 0.2) is 5.78 Å². The Morgan fingerprint density at radius 1 is 1.23 bits per heavy atom. The largest absolute Gasteiger partial charge is 0.486 e. The van der Waals surface area contributed by atoms with Crippen LogP contribution in [-0.2, 0) is 4.74 Å². The molecule has 0 unspecified atom stereocenters. The number of benzene rings is 1. The van der Waals surface area contributed by atoms with Crippen LogP contribution in [0.3, 0.4) is 0 Å². The van der Waals surface area contributed by atoms with Gasteiger partial charge in [0.25, 0.3) is 0 Å². The van der Waals surface area contributed by atoms with E-state index >= 15 is 0 Å². The Labute approximate surface area is 155 Å². The molecule has 1 saturated heterocycles. The number of likely N-dealkylation sites (tertiary alicyclic amines) is 1. The summed E-state index contributed by atoms with van der Waals surface area (Å²) < 4.78 is 11.7. The monoisotopic (exact) mass is 359 g/mol. The van der Waals surface area contributed by atoms with Crippen LogP contribution in [0.2, 0.25) is 0 Å². The molecular weight excluding hydrogens is 330 g/mol. The number of ketones is 1. The van der Waals surface area contributed by atoms with Gasteiger partial charge in [0.1, 0.15) is 17.0 Å². The minimum atomic E-state index is -0.503. The van der Waals surface area contributed by atoms with E-state index < -0.39 is 11.2 Å². The lowest BCUT2D eigenvalue weighted by molar-refractivity contribution is -0.0226. The second kappa shape index (κ2) is 6.60. The summed E-state index contributed by atoms with van der Waals surface area (Å²) in [5.41, 5.74) is 0.839. The van der Waals surface area contributed by atoms with Crippen molar-refractivity contribution in [1.82, 2.24) is 4.90 Å². The molecule has 0 N–H and O–H groups in total. The SMILES string of the molecule is CC(C)c1ccc2c(c1)C(=O)CC1(CCN(C(=O)OC(C)(C)C)CC1)O2. The third kappa shape index (κ3) is 3.87. The molecular formula is C21H29NO4. The molecule has 0 atom stereocenters.